The average Bonchev–Trinajstić information content (AvgIpc) is 3.03. The van der Waals surface area contributed by atoms with E-state index in [0.29, 0.717) is 12.6 Å². The molecule has 1 aromatic rings. The van der Waals surface area contributed by atoms with E-state index >= 15 is 0 Å². The quantitative estimate of drug-likeness (QED) is 0.806. The molecular weight excluding hydrogens is 232 g/mol. The first-order valence-electron chi connectivity index (χ1n) is 6.59. The smallest absolute Gasteiger partial charge is 0.358 e. The Hall–Kier alpha value is -1.43. The Morgan fingerprint density at radius 3 is 3.00 bits per heavy atom. The fourth-order valence-electron chi connectivity index (χ4n) is 3.36. The maximum Gasteiger partial charge on any atom is 0.358 e. The summed E-state index contributed by atoms with van der Waals surface area (Å²) in [5.41, 5.74) is 0.00919. The van der Waals surface area contributed by atoms with E-state index in [-0.39, 0.29) is 5.69 Å². The molecular formula is C12H18N4O2. The van der Waals surface area contributed by atoms with Crippen molar-refractivity contribution in [2.75, 3.05) is 6.54 Å². The molecule has 0 aliphatic heterocycles. The number of nitrogens with one attached hydrogen (secondary N) is 1. The SMILES string of the molecule is O=C(O)c1cn(CCNC2CC3CCC2C3)nn1. The molecule has 3 unspecified atom stereocenters. The van der Waals surface area contributed by atoms with Crippen molar-refractivity contribution in [3.8, 4) is 0 Å². The van der Waals surface area contributed by atoms with Gasteiger partial charge in [-0.25, -0.2) is 4.79 Å². The zero-order valence-electron chi connectivity index (χ0n) is 10.2. The third-order valence-electron chi connectivity index (χ3n) is 4.24. The number of hydrogen-bond acceptors (Lipinski definition) is 4. The van der Waals surface area contributed by atoms with Gasteiger partial charge in [0.05, 0.1) is 12.7 Å². The van der Waals surface area contributed by atoms with Crippen LogP contribution in [0.3, 0.4) is 0 Å². The van der Waals surface area contributed by atoms with E-state index in [1.165, 1.54) is 31.9 Å². The third-order valence-corrected chi connectivity index (χ3v) is 4.24. The summed E-state index contributed by atoms with van der Waals surface area (Å²) in [6.45, 7) is 1.50. The molecule has 0 spiro atoms. The number of aromatic nitrogens is 3. The summed E-state index contributed by atoms with van der Waals surface area (Å²) >= 11 is 0. The highest BCUT2D eigenvalue weighted by atomic mass is 16.4. The molecule has 0 amide bonds. The molecule has 3 atom stereocenters. The van der Waals surface area contributed by atoms with Gasteiger partial charge < -0.3 is 10.4 Å². The van der Waals surface area contributed by atoms with Crippen LogP contribution < -0.4 is 5.32 Å². The fraction of sp³-hybridized carbons (Fsp3) is 0.750. The summed E-state index contributed by atoms with van der Waals surface area (Å²) in [7, 11) is 0. The Balaban J connectivity index is 1.45. The molecule has 18 heavy (non-hydrogen) atoms. The van der Waals surface area contributed by atoms with Crippen LogP contribution in [0.2, 0.25) is 0 Å². The Kier molecular flexibility index (Phi) is 3.03. The Bertz CT molecular complexity index is 445. The van der Waals surface area contributed by atoms with Crippen LogP contribution in [0.5, 0.6) is 0 Å². The molecule has 0 saturated heterocycles. The molecule has 2 aliphatic rings. The van der Waals surface area contributed by atoms with Crippen molar-refractivity contribution in [3.63, 3.8) is 0 Å². The van der Waals surface area contributed by atoms with E-state index in [9.17, 15) is 4.79 Å². The lowest BCUT2D eigenvalue weighted by atomic mass is 9.95. The lowest BCUT2D eigenvalue weighted by Gasteiger charge is -2.22. The number of fused-ring (bicyclic) bond motifs is 2. The first kappa shape index (κ1) is 11.6. The highest BCUT2D eigenvalue weighted by Gasteiger charge is 2.38. The zero-order chi connectivity index (χ0) is 12.5. The minimum Gasteiger partial charge on any atom is -0.476 e. The summed E-state index contributed by atoms with van der Waals surface area (Å²) in [6.07, 6.45) is 6.96. The standard InChI is InChI=1S/C12H18N4O2/c17-12(18)11-7-16(15-14-11)4-3-13-10-6-8-1-2-9(10)5-8/h7-10,13H,1-6H2,(H,17,18). The van der Waals surface area contributed by atoms with Crippen molar-refractivity contribution in [2.45, 2.75) is 38.3 Å². The van der Waals surface area contributed by atoms with Crippen molar-refractivity contribution in [1.82, 2.24) is 20.3 Å². The predicted octanol–water partition coefficient (Wildman–Crippen LogP) is 0.754. The molecule has 98 valence electrons. The van der Waals surface area contributed by atoms with Gasteiger partial charge in [-0.05, 0) is 31.1 Å². The van der Waals surface area contributed by atoms with Gasteiger partial charge in [-0.15, -0.1) is 5.10 Å². The van der Waals surface area contributed by atoms with Gasteiger partial charge in [0.2, 0.25) is 0 Å². The van der Waals surface area contributed by atoms with Crippen LogP contribution in [0, 0.1) is 11.8 Å². The first-order valence-corrected chi connectivity index (χ1v) is 6.59. The summed E-state index contributed by atoms with van der Waals surface area (Å²) in [4.78, 5) is 10.7. The molecule has 0 radical (unpaired) electrons. The van der Waals surface area contributed by atoms with Crippen LogP contribution >= 0.6 is 0 Å². The van der Waals surface area contributed by atoms with E-state index < -0.39 is 5.97 Å². The van der Waals surface area contributed by atoms with Crippen molar-refractivity contribution in [3.05, 3.63) is 11.9 Å². The molecule has 2 bridgehead atoms. The van der Waals surface area contributed by atoms with E-state index in [0.717, 1.165) is 18.4 Å². The zero-order valence-corrected chi connectivity index (χ0v) is 10.2. The Morgan fingerprint density at radius 1 is 1.50 bits per heavy atom. The fourth-order valence-corrected chi connectivity index (χ4v) is 3.36. The first-order chi connectivity index (χ1) is 8.72. The maximum atomic E-state index is 10.7. The van der Waals surface area contributed by atoms with Crippen LogP contribution in [0.4, 0.5) is 0 Å². The third kappa shape index (κ3) is 2.25. The number of rotatable bonds is 5. The van der Waals surface area contributed by atoms with E-state index in [2.05, 4.69) is 15.6 Å². The summed E-state index contributed by atoms with van der Waals surface area (Å²) < 4.78 is 1.59. The normalized spacial score (nSPS) is 29.9. The maximum absolute atomic E-state index is 10.7. The Morgan fingerprint density at radius 2 is 2.39 bits per heavy atom. The van der Waals surface area contributed by atoms with Gasteiger partial charge in [0.15, 0.2) is 5.69 Å². The van der Waals surface area contributed by atoms with E-state index in [1.54, 1.807) is 4.68 Å². The molecule has 1 heterocycles. The monoisotopic (exact) mass is 250 g/mol. The molecule has 0 aromatic carbocycles. The highest BCUT2D eigenvalue weighted by Crippen LogP contribution is 2.44. The topological polar surface area (TPSA) is 80.0 Å². The second-order valence-corrected chi connectivity index (χ2v) is 5.41. The minimum atomic E-state index is -1.03. The molecule has 2 aliphatic carbocycles. The second-order valence-electron chi connectivity index (χ2n) is 5.41. The molecule has 6 heteroatoms. The minimum absolute atomic E-state index is 0.00919. The number of aromatic carboxylic acids is 1. The van der Waals surface area contributed by atoms with Crippen LogP contribution in [-0.2, 0) is 6.54 Å². The lowest BCUT2D eigenvalue weighted by molar-refractivity contribution is 0.0690. The number of hydrogen-bond donors (Lipinski definition) is 2. The summed E-state index contributed by atoms with van der Waals surface area (Å²) in [5.74, 6) is 0.778. The van der Waals surface area contributed by atoms with Gasteiger partial charge in [-0.1, -0.05) is 11.6 Å². The van der Waals surface area contributed by atoms with Crippen LogP contribution in [0.1, 0.15) is 36.2 Å². The second kappa shape index (κ2) is 4.68. The molecule has 3 rings (SSSR count). The largest absolute Gasteiger partial charge is 0.476 e. The van der Waals surface area contributed by atoms with Gasteiger partial charge in [0.25, 0.3) is 0 Å². The van der Waals surface area contributed by atoms with Gasteiger partial charge in [0.1, 0.15) is 0 Å². The van der Waals surface area contributed by atoms with Gasteiger partial charge in [-0.2, -0.15) is 0 Å². The number of nitrogens with zero attached hydrogens (tertiary/aromatic N) is 3. The molecule has 2 saturated carbocycles. The molecule has 2 N–H and O–H groups in total. The highest BCUT2D eigenvalue weighted by molar-refractivity contribution is 5.84. The van der Waals surface area contributed by atoms with Crippen molar-refractivity contribution < 1.29 is 9.90 Å². The van der Waals surface area contributed by atoms with Gasteiger partial charge in [-0.3, -0.25) is 4.68 Å². The Labute approximate surface area is 105 Å². The van der Waals surface area contributed by atoms with Gasteiger partial charge >= 0.3 is 5.97 Å². The van der Waals surface area contributed by atoms with Crippen LogP contribution in [-0.4, -0.2) is 38.7 Å². The molecule has 2 fully saturated rings. The average molecular weight is 250 g/mol. The predicted molar refractivity (Wildman–Crippen MR) is 64.2 cm³/mol. The van der Waals surface area contributed by atoms with E-state index in [1.807, 2.05) is 0 Å². The number of carbonyl (C=O) groups is 1. The van der Waals surface area contributed by atoms with Crippen molar-refractivity contribution >= 4 is 5.97 Å². The number of carboxylic acids is 1. The summed E-state index contributed by atoms with van der Waals surface area (Å²) in [6, 6.07) is 0.659. The number of carboxylic acid groups (broad SMARTS) is 1. The molecule has 6 nitrogen and oxygen atoms in total. The van der Waals surface area contributed by atoms with E-state index in [4.69, 9.17) is 5.11 Å². The van der Waals surface area contributed by atoms with Crippen LogP contribution in [0.25, 0.3) is 0 Å². The van der Waals surface area contributed by atoms with Crippen LogP contribution in [0.15, 0.2) is 6.20 Å². The van der Waals surface area contributed by atoms with Crippen molar-refractivity contribution in [1.29, 1.82) is 0 Å². The van der Waals surface area contributed by atoms with Gasteiger partial charge in [0, 0.05) is 12.6 Å². The van der Waals surface area contributed by atoms with Crippen molar-refractivity contribution in [2.24, 2.45) is 11.8 Å². The lowest BCUT2D eigenvalue weighted by Crippen LogP contribution is -2.36. The molecule has 1 aromatic heterocycles. The summed E-state index contributed by atoms with van der Waals surface area (Å²) in [5, 5.41) is 19.7.